The predicted octanol–water partition coefficient (Wildman–Crippen LogP) is 4.67. The number of carbonyl (C=O) groups is 3. The molecule has 2 aliphatic rings. The van der Waals surface area contributed by atoms with Crippen LogP contribution < -0.4 is 22.5 Å². The van der Waals surface area contributed by atoms with Crippen LogP contribution in [0.25, 0.3) is 0 Å². The van der Waals surface area contributed by atoms with Crippen LogP contribution >= 0.6 is 0 Å². The first-order valence-corrected chi connectivity index (χ1v) is 16.0. The SMILES string of the molecule is CC(=O)[C@H]1C=C(Cc2ccnc(N)c2)CC1.C[C@H](NC(=O)[C@H]1C=C(Cc2ccnc(N)c2)CC1)C(=O)CCc1ccc(C(=N)N)cc1. The second kappa shape index (κ2) is 16.4. The minimum Gasteiger partial charge on any atom is -0.384 e. The summed E-state index contributed by atoms with van der Waals surface area (Å²) in [5, 5.41) is 10.3. The van der Waals surface area contributed by atoms with Crippen LogP contribution in [0.1, 0.15) is 68.2 Å². The molecule has 10 nitrogen and oxygen atoms in total. The van der Waals surface area contributed by atoms with Crippen molar-refractivity contribution in [1.82, 2.24) is 15.3 Å². The summed E-state index contributed by atoms with van der Waals surface area (Å²) in [5.74, 6) is 1.16. The number of anilines is 2. The van der Waals surface area contributed by atoms with Crippen LogP contribution in [0.15, 0.2) is 84.2 Å². The molecule has 0 unspecified atom stereocenters. The van der Waals surface area contributed by atoms with Gasteiger partial charge in [0.2, 0.25) is 5.91 Å². The minimum absolute atomic E-state index is 0.00143. The van der Waals surface area contributed by atoms with Gasteiger partial charge >= 0.3 is 0 Å². The van der Waals surface area contributed by atoms with Gasteiger partial charge in [-0.3, -0.25) is 19.8 Å². The Morgan fingerprint density at radius 1 is 0.851 bits per heavy atom. The maximum Gasteiger partial charge on any atom is 0.227 e. The molecular formula is C37H45N7O3. The highest BCUT2D eigenvalue weighted by Gasteiger charge is 2.25. The van der Waals surface area contributed by atoms with E-state index in [-0.39, 0.29) is 35.1 Å². The van der Waals surface area contributed by atoms with Crippen LogP contribution in [0.5, 0.6) is 0 Å². The Morgan fingerprint density at radius 2 is 1.38 bits per heavy atom. The van der Waals surface area contributed by atoms with Gasteiger partial charge in [0.1, 0.15) is 23.3 Å². The fourth-order valence-corrected chi connectivity index (χ4v) is 5.88. The molecule has 3 aromatic rings. The summed E-state index contributed by atoms with van der Waals surface area (Å²) < 4.78 is 0. The molecule has 0 aliphatic heterocycles. The highest BCUT2D eigenvalue weighted by atomic mass is 16.2. The molecule has 3 atom stereocenters. The molecule has 0 spiro atoms. The van der Waals surface area contributed by atoms with E-state index in [9.17, 15) is 14.4 Å². The minimum atomic E-state index is -0.526. The summed E-state index contributed by atoms with van der Waals surface area (Å²) >= 11 is 0. The summed E-state index contributed by atoms with van der Waals surface area (Å²) in [6.45, 7) is 3.40. The molecule has 0 saturated carbocycles. The Labute approximate surface area is 276 Å². The number of nitrogens with two attached hydrogens (primary N) is 3. The fourth-order valence-electron chi connectivity index (χ4n) is 5.88. The van der Waals surface area contributed by atoms with E-state index in [2.05, 4.69) is 21.4 Å². The molecule has 1 aromatic carbocycles. The van der Waals surface area contributed by atoms with Crippen LogP contribution in [0, 0.1) is 17.2 Å². The van der Waals surface area contributed by atoms with Gasteiger partial charge in [-0.05, 0) is 99.7 Å². The van der Waals surface area contributed by atoms with E-state index < -0.39 is 6.04 Å². The number of Topliss-reactive ketones (excluding diaryl/α,β-unsaturated/α-hetero) is 2. The number of nitrogen functional groups attached to an aromatic ring is 3. The third-order valence-electron chi connectivity index (χ3n) is 8.61. The number of ketones is 2. The zero-order valence-corrected chi connectivity index (χ0v) is 27.2. The first kappa shape index (κ1) is 34.7. The van der Waals surface area contributed by atoms with Crippen molar-refractivity contribution >= 4 is 34.9 Å². The van der Waals surface area contributed by atoms with Crippen molar-refractivity contribution in [2.24, 2.45) is 17.6 Å². The van der Waals surface area contributed by atoms with Crippen molar-refractivity contribution in [1.29, 1.82) is 5.41 Å². The van der Waals surface area contributed by atoms with Gasteiger partial charge in [-0.2, -0.15) is 0 Å². The lowest BCUT2D eigenvalue weighted by Gasteiger charge is -2.15. The normalized spacial score (nSPS) is 17.5. The summed E-state index contributed by atoms with van der Waals surface area (Å²) in [7, 11) is 0. The lowest BCUT2D eigenvalue weighted by Crippen LogP contribution is -2.41. The molecule has 5 rings (SSSR count). The second-order valence-electron chi connectivity index (χ2n) is 12.4. The van der Waals surface area contributed by atoms with E-state index in [1.165, 1.54) is 16.7 Å². The molecule has 8 N–H and O–H groups in total. The lowest BCUT2D eigenvalue weighted by molar-refractivity contribution is -0.129. The van der Waals surface area contributed by atoms with Gasteiger partial charge in [0.25, 0.3) is 0 Å². The maximum absolute atomic E-state index is 12.6. The maximum atomic E-state index is 12.6. The number of rotatable bonds is 12. The Morgan fingerprint density at radius 3 is 1.87 bits per heavy atom. The monoisotopic (exact) mass is 635 g/mol. The number of hydrogen-bond acceptors (Lipinski definition) is 8. The number of amidine groups is 1. The summed E-state index contributed by atoms with van der Waals surface area (Å²) in [6, 6.07) is 14.4. The zero-order valence-electron chi connectivity index (χ0n) is 27.2. The van der Waals surface area contributed by atoms with E-state index in [1.54, 1.807) is 38.4 Å². The topological polar surface area (TPSA) is 191 Å². The molecule has 0 bridgehead atoms. The number of amides is 1. The highest BCUT2D eigenvalue weighted by Crippen LogP contribution is 2.28. The predicted molar refractivity (Wildman–Crippen MR) is 185 cm³/mol. The van der Waals surface area contributed by atoms with Gasteiger partial charge < -0.3 is 22.5 Å². The lowest BCUT2D eigenvalue weighted by atomic mass is 10.0. The molecule has 0 fully saturated rings. The van der Waals surface area contributed by atoms with Crippen molar-refractivity contribution in [3.05, 3.63) is 106 Å². The van der Waals surface area contributed by atoms with E-state index >= 15 is 0 Å². The van der Waals surface area contributed by atoms with Crippen LogP contribution in [0.2, 0.25) is 0 Å². The molecule has 0 saturated heterocycles. The number of carbonyl (C=O) groups excluding carboxylic acids is 3. The second-order valence-corrected chi connectivity index (χ2v) is 12.4. The van der Waals surface area contributed by atoms with Gasteiger partial charge in [-0.25, -0.2) is 9.97 Å². The number of aryl methyl sites for hydroxylation is 1. The first-order valence-electron chi connectivity index (χ1n) is 16.0. The molecule has 10 heteroatoms. The Bertz CT molecular complexity index is 1660. The smallest absolute Gasteiger partial charge is 0.227 e. The standard InChI is InChI=1S/C24H29N5O2.C13H16N2O/c1-15(21(30)9-5-16-2-6-19(7-3-16)23(26)27)29-24(31)20-8-4-17(13-20)12-18-10-11-28-22(25)14-18;1-9(16)12-3-2-10(7-12)6-11-4-5-15-13(14)8-11/h2-3,6-7,10-11,13-15,20H,4-5,8-9,12H2,1H3,(H2,25,28)(H3,26,27)(H,29,31);4-5,7-8,12H,2-3,6H2,1H3,(H2,14,15)/t15-,20+;12-/m01/s1. The molecular weight excluding hydrogens is 590 g/mol. The fraction of sp³-hybridized carbons (Fsp3) is 0.351. The molecule has 0 radical (unpaired) electrons. The Balaban J connectivity index is 0.000000261. The Kier molecular flexibility index (Phi) is 12.2. The highest BCUT2D eigenvalue weighted by molar-refractivity contribution is 5.95. The Hall–Kier alpha value is -5.12. The summed E-state index contributed by atoms with van der Waals surface area (Å²) in [5.41, 5.74) is 23.3. The van der Waals surface area contributed by atoms with E-state index in [4.69, 9.17) is 22.6 Å². The molecule has 246 valence electrons. The number of aromatic nitrogens is 2. The zero-order chi connectivity index (χ0) is 33.9. The van der Waals surface area contributed by atoms with E-state index in [0.29, 0.717) is 30.0 Å². The number of allylic oxidation sites excluding steroid dienone is 3. The number of nitrogens with zero attached hydrogens (tertiary/aromatic N) is 2. The van der Waals surface area contributed by atoms with Crippen LogP contribution in [0.3, 0.4) is 0 Å². The van der Waals surface area contributed by atoms with Crippen LogP contribution in [-0.2, 0) is 33.6 Å². The number of hydrogen-bond donors (Lipinski definition) is 5. The molecule has 1 amide bonds. The quantitative estimate of drug-likeness (QED) is 0.108. The average molecular weight is 636 g/mol. The first-order chi connectivity index (χ1) is 22.5. The van der Waals surface area contributed by atoms with Gasteiger partial charge in [-0.15, -0.1) is 0 Å². The molecule has 2 aromatic heterocycles. The molecule has 47 heavy (non-hydrogen) atoms. The third kappa shape index (κ3) is 10.7. The number of nitrogens with one attached hydrogen (secondary N) is 2. The van der Waals surface area contributed by atoms with Gasteiger partial charge in [0.15, 0.2) is 5.78 Å². The number of benzene rings is 1. The van der Waals surface area contributed by atoms with Crippen molar-refractivity contribution in [3.8, 4) is 0 Å². The van der Waals surface area contributed by atoms with Crippen LogP contribution in [0.4, 0.5) is 11.6 Å². The van der Waals surface area contributed by atoms with E-state index in [0.717, 1.165) is 49.7 Å². The van der Waals surface area contributed by atoms with Crippen LogP contribution in [-0.4, -0.2) is 39.3 Å². The van der Waals surface area contributed by atoms with Crippen molar-refractivity contribution < 1.29 is 14.4 Å². The number of pyridine rings is 2. The van der Waals surface area contributed by atoms with Gasteiger partial charge in [0, 0.05) is 30.3 Å². The van der Waals surface area contributed by atoms with Crippen molar-refractivity contribution in [2.45, 2.75) is 71.3 Å². The third-order valence-corrected chi connectivity index (χ3v) is 8.61. The van der Waals surface area contributed by atoms with Gasteiger partial charge in [0.05, 0.1) is 12.0 Å². The largest absolute Gasteiger partial charge is 0.384 e. The molecule has 2 aliphatic carbocycles. The van der Waals surface area contributed by atoms with E-state index in [1.807, 2.05) is 42.5 Å². The van der Waals surface area contributed by atoms with Crippen molar-refractivity contribution in [2.75, 3.05) is 11.5 Å². The average Bonchev–Trinajstić information content (AvgIpc) is 3.71. The summed E-state index contributed by atoms with van der Waals surface area (Å²) in [4.78, 5) is 44.3. The molecule has 2 heterocycles. The van der Waals surface area contributed by atoms with Gasteiger partial charge in [-0.1, -0.05) is 47.6 Å². The summed E-state index contributed by atoms with van der Waals surface area (Å²) in [6.07, 6.45) is 13.7. The van der Waals surface area contributed by atoms with Crippen molar-refractivity contribution in [3.63, 3.8) is 0 Å².